The average molecular weight is 821 g/mol. The number of hydrogen-bond acceptors (Lipinski definition) is 4. The van der Waals surface area contributed by atoms with Crippen molar-refractivity contribution in [1.82, 2.24) is 20.0 Å². The minimum Gasteiger partial charge on any atom is -1.00 e. The van der Waals surface area contributed by atoms with E-state index in [-0.39, 0.29) is 48.1 Å². The molecule has 0 aliphatic rings. The van der Waals surface area contributed by atoms with Crippen molar-refractivity contribution in [3.63, 3.8) is 0 Å². The Morgan fingerprint density at radius 3 is 1.75 bits per heavy atom. The molecule has 2 heterocycles. The second-order valence-electron chi connectivity index (χ2n) is 7.03. The largest absolute Gasteiger partial charge is 1.00 e. The Labute approximate surface area is 275 Å². The molecule has 4 aromatic rings. The Kier molecular flexibility index (Phi) is 16.1. The van der Waals surface area contributed by atoms with Gasteiger partial charge in [-0.15, -0.1) is 0 Å². The number of nitrogens with one attached hydrogen (secondary N) is 1. The molecular weight excluding hydrogens is 799 g/mol. The maximum absolute atomic E-state index is 12.0. The standard InChI is InChI=1S/C12H10Br2N2O.C8H9Br.C4H2Br2N2O.Na.H/c1-8(9-5-3-2-4-6-9)16-12(17)11(14)10(13)7-15-16;1-7(9)8-5-3-2-4-6-8;5-2-1-7-8-4(9)3(2)6;;/h2-8H,1H3;2-7H,1H3;1H,(H,8,9);;/q;;;+1;-1. The minimum absolute atomic E-state index is 0. The maximum Gasteiger partial charge on any atom is 1.00 e. The molecule has 0 radical (unpaired) electrons. The first-order chi connectivity index (χ1) is 16.6. The molecule has 6 nitrogen and oxygen atoms in total. The van der Waals surface area contributed by atoms with Crippen LogP contribution in [0.1, 0.15) is 37.3 Å². The van der Waals surface area contributed by atoms with Crippen LogP contribution in [0.25, 0.3) is 0 Å². The zero-order valence-corrected chi connectivity index (χ0v) is 29.6. The van der Waals surface area contributed by atoms with Gasteiger partial charge in [0.25, 0.3) is 11.1 Å². The summed E-state index contributed by atoms with van der Waals surface area (Å²) in [7, 11) is 0. The number of H-pyrrole nitrogens is 1. The molecule has 12 heteroatoms. The van der Waals surface area contributed by atoms with Gasteiger partial charge in [0.15, 0.2) is 0 Å². The monoisotopic (exact) mass is 816 g/mol. The summed E-state index contributed by atoms with van der Waals surface area (Å²) in [6.45, 7) is 4.07. The van der Waals surface area contributed by atoms with Crippen molar-refractivity contribution in [3.8, 4) is 0 Å². The number of benzene rings is 2. The smallest absolute Gasteiger partial charge is 1.00 e. The fraction of sp³-hybridized carbons (Fsp3) is 0.167. The molecule has 0 bridgehead atoms. The molecule has 0 aliphatic carbocycles. The van der Waals surface area contributed by atoms with Gasteiger partial charge in [-0.2, -0.15) is 10.2 Å². The SMILES string of the molecule is CC(Br)c1ccccc1.CC(c1ccccc1)n1ncc(Br)c(Br)c1=O.O=c1[nH]ncc(Br)c1Br.[H-].[Na+]. The third kappa shape index (κ3) is 10.4. The van der Waals surface area contributed by atoms with Crippen molar-refractivity contribution in [1.29, 1.82) is 0 Å². The van der Waals surface area contributed by atoms with E-state index < -0.39 is 0 Å². The second-order valence-corrected chi connectivity index (χ2v) is 11.7. The van der Waals surface area contributed by atoms with Gasteiger partial charge in [-0.3, -0.25) is 9.59 Å². The molecule has 0 spiro atoms. The molecule has 2 atom stereocenters. The van der Waals surface area contributed by atoms with Crippen molar-refractivity contribution in [2.45, 2.75) is 24.7 Å². The van der Waals surface area contributed by atoms with Crippen LogP contribution in [0.5, 0.6) is 0 Å². The van der Waals surface area contributed by atoms with Gasteiger partial charge in [0, 0.05) is 4.83 Å². The Hall–Kier alpha value is -0.400. The average Bonchev–Trinajstić information content (AvgIpc) is 2.87. The van der Waals surface area contributed by atoms with Gasteiger partial charge < -0.3 is 1.43 Å². The number of halogens is 5. The maximum atomic E-state index is 12.0. The number of aromatic amines is 1. The van der Waals surface area contributed by atoms with Crippen LogP contribution in [-0.2, 0) is 0 Å². The fourth-order valence-corrected chi connectivity index (χ4v) is 3.98. The van der Waals surface area contributed by atoms with Crippen molar-refractivity contribution in [2.75, 3.05) is 0 Å². The fourth-order valence-electron chi connectivity index (χ4n) is 2.65. The van der Waals surface area contributed by atoms with E-state index in [0.29, 0.717) is 22.7 Å². The second kappa shape index (κ2) is 17.2. The molecular formula is C24H22Br5N4NaO2. The van der Waals surface area contributed by atoms with Crippen LogP contribution in [-0.4, -0.2) is 20.0 Å². The van der Waals surface area contributed by atoms with E-state index in [1.165, 1.54) is 16.4 Å². The molecule has 186 valence electrons. The summed E-state index contributed by atoms with van der Waals surface area (Å²) in [5.74, 6) is 0. The summed E-state index contributed by atoms with van der Waals surface area (Å²) in [5, 5.41) is 9.93. The molecule has 2 unspecified atom stereocenters. The number of aromatic nitrogens is 4. The van der Waals surface area contributed by atoms with Crippen LogP contribution >= 0.6 is 79.6 Å². The van der Waals surface area contributed by atoms with Gasteiger partial charge in [-0.1, -0.05) is 76.6 Å². The van der Waals surface area contributed by atoms with Gasteiger partial charge in [0.2, 0.25) is 0 Å². The molecule has 0 saturated carbocycles. The third-order valence-electron chi connectivity index (χ3n) is 4.56. The van der Waals surface area contributed by atoms with Gasteiger partial charge in [-0.25, -0.2) is 9.78 Å². The van der Waals surface area contributed by atoms with Crippen molar-refractivity contribution < 1.29 is 31.0 Å². The van der Waals surface area contributed by atoms with Crippen molar-refractivity contribution in [3.05, 3.63) is 123 Å². The summed E-state index contributed by atoms with van der Waals surface area (Å²) in [5.41, 5.74) is 2.01. The first-order valence-corrected chi connectivity index (χ1v) is 14.3. The molecule has 0 saturated heterocycles. The zero-order chi connectivity index (χ0) is 26.0. The van der Waals surface area contributed by atoms with Gasteiger partial charge in [-0.05, 0) is 88.7 Å². The first kappa shape index (κ1) is 33.6. The summed E-state index contributed by atoms with van der Waals surface area (Å²) in [6.07, 6.45) is 3.12. The van der Waals surface area contributed by atoms with Crippen LogP contribution in [0.15, 0.2) is 101 Å². The van der Waals surface area contributed by atoms with Gasteiger partial charge >= 0.3 is 29.6 Å². The Bertz CT molecular complexity index is 1340. The molecule has 0 amide bonds. The van der Waals surface area contributed by atoms with Gasteiger partial charge in [0.1, 0.15) is 4.47 Å². The van der Waals surface area contributed by atoms with E-state index in [2.05, 4.69) is 114 Å². The first-order valence-electron chi connectivity index (χ1n) is 10.2. The zero-order valence-electron chi connectivity index (χ0n) is 20.6. The van der Waals surface area contributed by atoms with E-state index in [0.717, 1.165) is 5.56 Å². The quantitative estimate of drug-likeness (QED) is 0.235. The molecule has 2 aromatic carbocycles. The number of alkyl halides is 1. The van der Waals surface area contributed by atoms with Crippen LogP contribution in [0.2, 0.25) is 0 Å². The van der Waals surface area contributed by atoms with Crippen molar-refractivity contribution >= 4 is 79.6 Å². The Morgan fingerprint density at radius 2 is 1.31 bits per heavy atom. The Morgan fingerprint density at radius 1 is 0.806 bits per heavy atom. The van der Waals surface area contributed by atoms with E-state index in [4.69, 9.17) is 0 Å². The minimum atomic E-state index is -0.232. The molecule has 2 aromatic heterocycles. The topological polar surface area (TPSA) is 80.6 Å². The van der Waals surface area contributed by atoms with Crippen LogP contribution in [0.4, 0.5) is 0 Å². The Balaban J connectivity index is 0.000000555. The van der Waals surface area contributed by atoms with E-state index in [9.17, 15) is 9.59 Å². The molecule has 0 aliphatic heterocycles. The molecule has 36 heavy (non-hydrogen) atoms. The molecule has 4 rings (SSSR count). The van der Waals surface area contributed by atoms with Crippen LogP contribution < -0.4 is 40.7 Å². The van der Waals surface area contributed by atoms with Crippen molar-refractivity contribution in [2.24, 2.45) is 0 Å². The number of hydrogen-bond donors (Lipinski definition) is 1. The van der Waals surface area contributed by atoms with E-state index in [1.54, 1.807) is 6.20 Å². The summed E-state index contributed by atoms with van der Waals surface area (Å²) < 4.78 is 3.75. The molecule has 0 fully saturated rings. The van der Waals surface area contributed by atoms with Gasteiger partial charge in [0.05, 0.1) is 31.9 Å². The number of rotatable bonds is 3. The number of nitrogens with zero attached hydrogens (tertiary/aromatic N) is 3. The van der Waals surface area contributed by atoms with Crippen LogP contribution in [0, 0.1) is 0 Å². The predicted molar refractivity (Wildman–Crippen MR) is 159 cm³/mol. The summed E-state index contributed by atoms with van der Waals surface area (Å²) >= 11 is 16.2. The normalized spacial score (nSPS) is 11.5. The van der Waals surface area contributed by atoms with E-state index >= 15 is 0 Å². The third-order valence-corrected chi connectivity index (χ3v) is 8.91. The molecule has 1 N–H and O–H groups in total. The summed E-state index contributed by atoms with van der Waals surface area (Å²) in [4.78, 5) is 23.1. The predicted octanol–water partition coefficient (Wildman–Crippen LogP) is 4.93. The summed E-state index contributed by atoms with van der Waals surface area (Å²) in [6, 6.07) is 20.1. The van der Waals surface area contributed by atoms with Crippen LogP contribution in [0.3, 0.4) is 0 Å². The van der Waals surface area contributed by atoms with E-state index in [1.807, 2.05) is 55.5 Å².